The first-order valence-corrected chi connectivity index (χ1v) is 11.5. The van der Waals surface area contributed by atoms with Gasteiger partial charge in [-0.05, 0) is 37.0 Å². The maximum atomic E-state index is 13.1. The second-order valence-corrected chi connectivity index (χ2v) is 9.18. The monoisotopic (exact) mass is 434 g/mol. The van der Waals surface area contributed by atoms with Crippen molar-refractivity contribution in [2.45, 2.75) is 39.8 Å². The van der Waals surface area contributed by atoms with Gasteiger partial charge >= 0.3 is 0 Å². The molecule has 2 aliphatic rings. The van der Waals surface area contributed by atoms with Gasteiger partial charge in [0.15, 0.2) is 5.17 Å². The predicted molar refractivity (Wildman–Crippen MR) is 126 cm³/mol. The number of amidine groups is 2. The number of para-hydroxylation sites is 1. The number of amides is 2. The molecule has 1 N–H and O–H groups in total. The van der Waals surface area contributed by atoms with Gasteiger partial charge in [0.1, 0.15) is 11.9 Å². The first kappa shape index (κ1) is 21.3. The fraction of sp³-hybridized carbons (Fsp3) is 0.333. The number of benzene rings is 2. The number of rotatable bonds is 6. The molecule has 4 rings (SSSR count). The maximum Gasteiger partial charge on any atom is 0.259 e. The Balaban J connectivity index is 1.47. The number of hydrogen-bond donors (Lipinski definition) is 1. The zero-order valence-corrected chi connectivity index (χ0v) is 18.8. The Kier molecular flexibility index (Phi) is 6.23. The van der Waals surface area contributed by atoms with Crippen molar-refractivity contribution in [3.63, 3.8) is 0 Å². The van der Waals surface area contributed by atoms with Gasteiger partial charge in [-0.1, -0.05) is 67.6 Å². The summed E-state index contributed by atoms with van der Waals surface area (Å²) in [5, 5.41) is 3.45. The minimum Gasteiger partial charge on any atom is -0.351 e. The first-order valence-electron chi connectivity index (χ1n) is 10.5. The van der Waals surface area contributed by atoms with Crippen molar-refractivity contribution in [3.05, 3.63) is 65.2 Å². The summed E-state index contributed by atoms with van der Waals surface area (Å²) in [5.41, 5.74) is 3.87. The second kappa shape index (κ2) is 9.06. The Morgan fingerprint density at radius 3 is 2.65 bits per heavy atom. The fourth-order valence-electron chi connectivity index (χ4n) is 3.59. The van der Waals surface area contributed by atoms with Crippen molar-refractivity contribution in [1.82, 2.24) is 10.2 Å². The van der Waals surface area contributed by atoms with E-state index >= 15 is 0 Å². The highest BCUT2D eigenvalue weighted by atomic mass is 32.2. The van der Waals surface area contributed by atoms with Gasteiger partial charge in [0.05, 0.1) is 11.4 Å². The Labute approximate surface area is 186 Å². The topological polar surface area (TPSA) is 74.1 Å². The third-order valence-corrected chi connectivity index (χ3v) is 6.12. The normalized spacial score (nSPS) is 17.2. The van der Waals surface area contributed by atoms with Crippen LogP contribution in [0.3, 0.4) is 0 Å². The Hall–Kier alpha value is -2.93. The summed E-state index contributed by atoms with van der Waals surface area (Å²) in [5.74, 6) is 1.01. The summed E-state index contributed by atoms with van der Waals surface area (Å²) in [7, 11) is 0. The van der Waals surface area contributed by atoms with Crippen LogP contribution < -0.4 is 5.32 Å². The minimum atomic E-state index is -0.401. The summed E-state index contributed by atoms with van der Waals surface area (Å²) < 4.78 is 0. The molecule has 2 amide bonds. The van der Waals surface area contributed by atoms with E-state index in [0.29, 0.717) is 29.9 Å². The average Bonchev–Trinajstić information content (AvgIpc) is 3.07. The van der Waals surface area contributed by atoms with E-state index in [0.717, 1.165) is 16.8 Å². The lowest BCUT2D eigenvalue weighted by molar-refractivity contribution is -0.125. The van der Waals surface area contributed by atoms with Crippen LogP contribution in [0, 0.1) is 12.8 Å². The minimum absolute atomic E-state index is 0.0653. The van der Waals surface area contributed by atoms with Gasteiger partial charge in [0.2, 0.25) is 5.91 Å². The number of fused-ring (bicyclic) bond motifs is 3. The number of nitrogens with zero attached hydrogens (tertiary/aromatic N) is 3. The smallest absolute Gasteiger partial charge is 0.259 e. The molecule has 1 atom stereocenters. The van der Waals surface area contributed by atoms with Crippen molar-refractivity contribution < 1.29 is 9.59 Å². The summed E-state index contributed by atoms with van der Waals surface area (Å²) in [6.45, 7) is 6.67. The summed E-state index contributed by atoms with van der Waals surface area (Å²) >= 11 is 1.27. The molecule has 0 bridgehead atoms. The molecule has 2 aliphatic heterocycles. The van der Waals surface area contributed by atoms with Crippen LogP contribution in [0.15, 0.2) is 58.5 Å². The molecule has 1 unspecified atom stereocenters. The molecule has 2 aromatic carbocycles. The van der Waals surface area contributed by atoms with E-state index in [-0.39, 0.29) is 17.6 Å². The molecule has 0 aromatic heterocycles. The zero-order chi connectivity index (χ0) is 22.0. The van der Waals surface area contributed by atoms with Gasteiger partial charge in [-0.2, -0.15) is 0 Å². The highest BCUT2D eigenvalue weighted by Crippen LogP contribution is 2.34. The van der Waals surface area contributed by atoms with Crippen molar-refractivity contribution >= 4 is 40.3 Å². The van der Waals surface area contributed by atoms with Crippen molar-refractivity contribution in [2.75, 3.05) is 5.75 Å². The van der Waals surface area contributed by atoms with E-state index in [1.165, 1.54) is 17.3 Å². The molecule has 2 heterocycles. The van der Waals surface area contributed by atoms with Crippen LogP contribution in [0.25, 0.3) is 0 Å². The molecule has 0 saturated carbocycles. The van der Waals surface area contributed by atoms with Crippen LogP contribution >= 0.6 is 11.8 Å². The lowest BCUT2D eigenvalue weighted by Crippen LogP contribution is -2.41. The number of hydrogen-bond acceptors (Lipinski definition) is 5. The number of nitrogens with one attached hydrogen (secondary N) is 1. The lowest BCUT2D eigenvalue weighted by Gasteiger charge is -2.25. The van der Waals surface area contributed by atoms with Gasteiger partial charge in [0, 0.05) is 12.1 Å². The standard InChI is InChI=1S/C24H26N4O2S/c1-15(2)12-20-23(30)28-22(26-20)18-6-4-5-7-19(18)27-24(28)31-14-21(29)25-13-17-10-8-16(3)9-11-17/h4-11,15,20H,12-14H2,1-3H3,(H,25,29). The molecule has 0 aliphatic carbocycles. The number of carbonyl (C=O) groups excluding carboxylic acids is 2. The van der Waals surface area contributed by atoms with E-state index in [2.05, 4.69) is 24.2 Å². The van der Waals surface area contributed by atoms with Gasteiger partial charge in [-0.3, -0.25) is 14.6 Å². The summed E-state index contributed by atoms with van der Waals surface area (Å²) in [6, 6.07) is 15.3. The van der Waals surface area contributed by atoms with Crippen LogP contribution in [0.5, 0.6) is 0 Å². The van der Waals surface area contributed by atoms with Crippen molar-refractivity contribution in [3.8, 4) is 0 Å². The summed E-state index contributed by atoms with van der Waals surface area (Å²) in [4.78, 5) is 36.5. The quantitative estimate of drug-likeness (QED) is 0.745. The number of carbonyl (C=O) groups is 2. The third-order valence-electron chi connectivity index (χ3n) is 5.19. The Bertz CT molecular complexity index is 1060. The van der Waals surface area contributed by atoms with E-state index in [1.54, 1.807) is 4.90 Å². The van der Waals surface area contributed by atoms with Gasteiger partial charge < -0.3 is 5.32 Å². The van der Waals surface area contributed by atoms with Crippen molar-refractivity contribution in [2.24, 2.45) is 15.9 Å². The Morgan fingerprint density at radius 2 is 1.90 bits per heavy atom. The molecular weight excluding hydrogens is 408 g/mol. The molecule has 0 spiro atoms. The number of aliphatic imine (C=N–C) groups is 2. The molecule has 31 heavy (non-hydrogen) atoms. The Morgan fingerprint density at radius 1 is 1.16 bits per heavy atom. The number of aryl methyl sites for hydroxylation is 1. The largest absolute Gasteiger partial charge is 0.351 e. The second-order valence-electron chi connectivity index (χ2n) is 8.23. The number of thioether (sulfide) groups is 1. The first-order chi connectivity index (χ1) is 14.9. The van der Waals surface area contributed by atoms with E-state index in [9.17, 15) is 9.59 Å². The van der Waals surface area contributed by atoms with Crippen LogP contribution in [0.2, 0.25) is 0 Å². The highest BCUT2D eigenvalue weighted by Gasteiger charge is 2.41. The van der Waals surface area contributed by atoms with Gasteiger partial charge in [-0.15, -0.1) is 0 Å². The maximum absolute atomic E-state index is 13.1. The molecular formula is C24H26N4O2S. The highest BCUT2D eigenvalue weighted by molar-refractivity contribution is 8.14. The SMILES string of the molecule is Cc1ccc(CNC(=O)CSC2=Nc3ccccc3C3=NC(CC(C)C)C(=O)N23)cc1. The van der Waals surface area contributed by atoms with E-state index in [1.807, 2.05) is 55.5 Å². The molecule has 0 fully saturated rings. The molecule has 6 nitrogen and oxygen atoms in total. The zero-order valence-electron chi connectivity index (χ0n) is 18.0. The van der Waals surface area contributed by atoms with Crippen LogP contribution in [0.1, 0.15) is 37.0 Å². The third kappa shape index (κ3) is 4.71. The van der Waals surface area contributed by atoms with Crippen LogP contribution in [0.4, 0.5) is 5.69 Å². The van der Waals surface area contributed by atoms with E-state index in [4.69, 9.17) is 4.99 Å². The van der Waals surface area contributed by atoms with Crippen molar-refractivity contribution in [1.29, 1.82) is 0 Å². The van der Waals surface area contributed by atoms with Crippen LogP contribution in [-0.2, 0) is 16.1 Å². The van der Waals surface area contributed by atoms with Gasteiger partial charge in [-0.25, -0.2) is 9.89 Å². The molecule has 7 heteroatoms. The predicted octanol–water partition coefficient (Wildman–Crippen LogP) is 4.05. The average molecular weight is 435 g/mol. The molecule has 0 saturated heterocycles. The van der Waals surface area contributed by atoms with Crippen LogP contribution in [-0.4, -0.2) is 39.5 Å². The van der Waals surface area contributed by atoms with E-state index < -0.39 is 6.04 Å². The fourth-order valence-corrected chi connectivity index (χ4v) is 4.42. The summed E-state index contributed by atoms with van der Waals surface area (Å²) in [6.07, 6.45) is 0.690. The molecule has 2 aromatic rings. The molecule has 160 valence electrons. The lowest BCUT2D eigenvalue weighted by atomic mass is 10.0. The molecule has 0 radical (unpaired) electrons. The van der Waals surface area contributed by atoms with Gasteiger partial charge in [0.25, 0.3) is 5.91 Å².